The first-order chi connectivity index (χ1) is 14.1. The average molecular weight is 409 g/mol. The standard InChI is InChI=1S/C23H24N2O3S/c1-16-7-4-10-18(15-16)25(23(27)19-11-5-13-28-19)21(20-12-6-14-29-20)22(26)24-17-8-2-3-9-17/h4-7,10-15,17,21H,2-3,8-9H2,1H3,(H,24,26)/t21-/m1/s1. The highest BCUT2D eigenvalue weighted by Gasteiger charge is 2.36. The molecule has 0 spiro atoms. The molecule has 2 aromatic heterocycles. The van der Waals surface area contributed by atoms with Crippen molar-refractivity contribution in [1.82, 2.24) is 5.32 Å². The number of anilines is 1. The highest BCUT2D eigenvalue weighted by atomic mass is 32.1. The quantitative estimate of drug-likeness (QED) is 0.617. The van der Waals surface area contributed by atoms with E-state index in [9.17, 15) is 9.59 Å². The molecule has 1 aromatic carbocycles. The SMILES string of the molecule is Cc1cccc(N(C(=O)c2ccco2)[C@@H](C(=O)NC2CCCC2)c2cccs2)c1. The normalized spacial score (nSPS) is 15.2. The first-order valence-electron chi connectivity index (χ1n) is 9.91. The van der Waals surface area contributed by atoms with E-state index in [-0.39, 0.29) is 23.6 Å². The van der Waals surface area contributed by atoms with Gasteiger partial charge in [-0.05, 0) is 61.0 Å². The molecule has 6 heteroatoms. The van der Waals surface area contributed by atoms with Gasteiger partial charge in [-0.15, -0.1) is 11.3 Å². The Morgan fingerprint density at radius 1 is 1.14 bits per heavy atom. The second kappa shape index (κ2) is 8.66. The third kappa shape index (κ3) is 4.27. The van der Waals surface area contributed by atoms with Crippen LogP contribution in [-0.4, -0.2) is 17.9 Å². The zero-order valence-corrected chi connectivity index (χ0v) is 17.2. The van der Waals surface area contributed by atoms with Crippen molar-refractivity contribution < 1.29 is 14.0 Å². The van der Waals surface area contributed by atoms with Gasteiger partial charge in [0.15, 0.2) is 11.8 Å². The second-order valence-corrected chi connectivity index (χ2v) is 8.38. The lowest BCUT2D eigenvalue weighted by atomic mass is 10.1. The molecular formula is C23H24N2O3S. The summed E-state index contributed by atoms with van der Waals surface area (Å²) in [6.45, 7) is 1.97. The Kier molecular flexibility index (Phi) is 5.81. The van der Waals surface area contributed by atoms with Crippen molar-refractivity contribution in [3.05, 3.63) is 76.4 Å². The fourth-order valence-electron chi connectivity index (χ4n) is 3.85. The summed E-state index contributed by atoms with van der Waals surface area (Å²) in [4.78, 5) is 29.3. The van der Waals surface area contributed by atoms with Crippen molar-refractivity contribution >= 4 is 28.8 Å². The van der Waals surface area contributed by atoms with Gasteiger partial charge in [-0.3, -0.25) is 14.5 Å². The van der Waals surface area contributed by atoms with Gasteiger partial charge >= 0.3 is 0 Å². The summed E-state index contributed by atoms with van der Waals surface area (Å²) in [7, 11) is 0. The van der Waals surface area contributed by atoms with Crippen LogP contribution in [0.25, 0.3) is 0 Å². The maximum absolute atomic E-state index is 13.5. The van der Waals surface area contributed by atoms with Crippen LogP contribution in [0.4, 0.5) is 5.69 Å². The molecule has 0 unspecified atom stereocenters. The predicted octanol–water partition coefficient (Wildman–Crippen LogP) is 5.10. The van der Waals surface area contributed by atoms with E-state index in [1.807, 2.05) is 48.7 Å². The van der Waals surface area contributed by atoms with Crippen LogP contribution in [0, 0.1) is 6.92 Å². The molecule has 1 atom stereocenters. The Balaban J connectivity index is 1.77. The summed E-state index contributed by atoms with van der Waals surface area (Å²) < 4.78 is 5.39. The van der Waals surface area contributed by atoms with Crippen molar-refractivity contribution in [2.24, 2.45) is 0 Å². The number of nitrogens with one attached hydrogen (secondary N) is 1. The van der Waals surface area contributed by atoms with E-state index in [2.05, 4.69) is 5.32 Å². The van der Waals surface area contributed by atoms with Gasteiger partial charge in [-0.1, -0.05) is 31.0 Å². The minimum absolute atomic E-state index is 0.152. The number of thiophene rings is 1. The summed E-state index contributed by atoms with van der Waals surface area (Å²) in [5.74, 6) is -0.275. The molecule has 4 rings (SSSR count). The molecule has 3 aromatic rings. The Hall–Kier alpha value is -2.86. The Morgan fingerprint density at radius 2 is 1.97 bits per heavy atom. The topological polar surface area (TPSA) is 62.6 Å². The lowest BCUT2D eigenvalue weighted by Gasteiger charge is -2.31. The number of amides is 2. The van der Waals surface area contributed by atoms with Crippen LogP contribution >= 0.6 is 11.3 Å². The number of hydrogen-bond acceptors (Lipinski definition) is 4. The number of benzene rings is 1. The van der Waals surface area contributed by atoms with Gasteiger partial charge in [-0.25, -0.2) is 0 Å². The molecule has 1 fully saturated rings. The van der Waals surface area contributed by atoms with Gasteiger partial charge in [-0.2, -0.15) is 0 Å². The molecule has 1 aliphatic carbocycles. The minimum atomic E-state index is -0.755. The van der Waals surface area contributed by atoms with Gasteiger partial charge in [0.2, 0.25) is 5.91 Å². The second-order valence-electron chi connectivity index (χ2n) is 7.40. The molecule has 0 radical (unpaired) electrons. The van der Waals surface area contributed by atoms with Crippen molar-refractivity contribution in [1.29, 1.82) is 0 Å². The number of carbonyl (C=O) groups excluding carboxylic acids is 2. The zero-order valence-electron chi connectivity index (χ0n) is 16.3. The Bertz CT molecular complexity index is 960. The summed E-state index contributed by atoms with van der Waals surface area (Å²) >= 11 is 1.47. The van der Waals surface area contributed by atoms with Crippen molar-refractivity contribution in [3.8, 4) is 0 Å². The van der Waals surface area contributed by atoms with E-state index < -0.39 is 6.04 Å². The number of furan rings is 1. The van der Waals surface area contributed by atoms with E-state index in [1.54, 1.807) is 17.0 Å². The van der Waals surface area contributed by atoms with E-state index in [4.69, 9.17) is 4.42 Å². The molecule has 5 nitrogen and oxygen atoms in total. The molecule has 0 aliphatic heterocycles. The van der Waals surface area contributed by atoms with Crippen molar-refractivity contribution in [3.63, 3.8) is 0 Å². The van der Waals surface area contributed by atoms with Gasteiger partial charge in [0.25, 0.3) is 5.91 Å². The van der Waals surface area contributed by atoms with Gasteiger partial charge in [0.05, 0.1) is 6.26 Å². The largest absolute Gasteiger partial charge is 0.459 e. The number of hydrogen-bond donors (Lipinski definition) is 1. The van der Waals surface area contributed by atoms with Crippen LogP contribution in [0.2, 0.25) is 0 Å². The molecule has 29 heavy (non-hydrogen) atoms. The van der Waals surface area contributed by atoms with E-state index in [0.29, 0.717) is 5.69 Å². The molecule has 1 N–H and O–H groups in total. The van der Waals surface area contributed by atoms with E-state index in [1.165, 1.54) is 17.6 Å². The van der Waals surface area contributed by atoms with Gasteiger partial charge in [0.1, 0.15) is 0 Å². The molecule has 1 saturated carbocycles. The van der Waals surface area contributed by atoms with Crippen LogP contribution in [0.3, 0.4) is 0 Å². The van der Waals surface area contributed by atoms with Gasteiger partial charge < -0.3 is 9.73 Å². The maximum atomic E-state index is 13.5. The molecule has 2 heterocycles. The minimum Gasteiger partial charge on any atom is -0.459 e. The van der Waals surface area contributed by atoms with Crippen molar-refractivity contribution in [2.75, 3.05) is 4.90 Å². The smallest absolute Gasteiger partial charge is 0.295 e. The van der Waals surface area contributed by atoms with Crippen LogP contribution < -0.4 is 10.2 Å². The fraction of sp³-hybridized carbons (Fsp3) is 0.304. The molecular weight excluding hydrogens is 384 g/mol. The Morgan fingerprint density at radius 3 is 2.62 bits per heavy atom. The Labute approximate surface area is 174 Å². The highest BCUT2D eigenvalue weighted by Crippen LogP contribution is 2.33. The molecule has 2 amide bonds. The van der Waals surface area contributed by atoms with Crippen LogP contribution in [0.1, 0.15) is 52.7 Å². The van der Waals surface area contributed by atoms with Crippen molar-refractivity contribution in [2.45, 2.75) is 44.7 Å². The van der Waals surface area contributed by atoms with Gasteiger partial charge in [0, 0.05) is 16.6 Å². The molecule has 150 valence electrons. The first-order valence-corrected chi connectivity index (χ1v) is 10.8. The molecule has 0 saturated heterocycles. The summed E-state index contributed by atoms with van der Waals surface area (Å²) in [5, 5.41) is 5.10. The average Bonchev–Trinajstić information content (AvgIpc) is 3.49. The van der Waals surface area contributed by atoms with E-state index >= 15 is 0 Å². The van der Waals surface area contributed by atoms with Crippen LogP contribution in [0.15, 0.2) is 64.6 Å². The summed E-state index contributed by atoms with van der Waals surface area (Å²) in [5.41, 5.74) is 1.69. The van der Waals surface area contributed by atoms with E-state index in [0.717, 1.165) is 36.1 Å². The monoisotopic (exact) mass is 408 g/mol. The third-order valence-electron chi connectivity index (χ3n) is 5.25. The molecule has 0 bridgehead atoms. The number of aryl methyl sites for hydroxylation is 1. The summed E-state index contributed by atoms with van der Waals surface area (Å²) in [6, 6.07) is 14.2. The molecule has 1 aliphatic rings. The maximum Gasteiger partial charge on any atom is 0.295 e. The number of nitrogens with zero attached hydrogens (tertiary/aromatic N) is 1. The number of rotatable bonds is 6. The fourth-order valence-corrected chi connectivity index (χ4v) is 4.66. The predicted molar refractivity (Wildman–Crippen MR) is 114 cm³/mol. The van der Waals surface area contributed by atoms with Crippen LogP contribution in [0.5, 0.6) is 0 Å². The summed E-state index contributed by atoms with van der Waals surface area (Å²) in [6.07, 6.45) is 5.70. The van der Waals surface area contributed by atoms with Crippen LogP contribution in [-0.2, 0) is 4.79 Å². The lowest BCUT2D eigenvalue weighted by Crippen LogP contribution is -2.46. The first kappa shape index (κ1) is 19.5. The lowest BCUT2D eigenvalue weighted by molar-refractivity contribution is -0.123. The highest BCUT2D eigenvalue weighted by molar-refractivity contribution is 7.10. The number of carbonyl (C=O) groups is 2. The zero-order chi connectivity index (χ0) is 20.2. The third-order valence-corrected chi connectivity index (χ3v) is 6.18.